The fourth-order valence-electron chi connectivity index (χ4n) is 3.67. The summed E-state index contributed by atoms with van der Waals surface area (Å²) in [6.07, 6.45) is 4.27. The molecule has 0 aromatic heterocycles. The van der Waals surface area contributed by atoms with E-state index in [1.165, 1.54) is 0 Å². The lowest BCUT2D eigenvalue weighted by molar-refractivity contribution is -0.156. The fraction of sp³-hybridized carbons (Fsp3) is 0.529. The second-order valence-corrected chi connectivity index (χ2v) is 6.53. The molecule has 1 aromatic carbocycles. The molecule has 1 aromatic rings. The predicted molar refractivity (Wildman–Crippen MR) is 78.7 cm³/mol. The molecule has 1 atom stereocenters. The van der Waals surface area contributed by atoms with E-state index >= 15 is 0 Å². The van der Waals surface area contributed by atoms with Crippen LogP contribution in [0.3, 0.4) is 0 Å². The van der Waals surface area contributed by atoms with E-state index in [9.17, 15) is 14.7 Å². The van der Waals surface area contributed by atoms with Crippen LogP contribution in [0.1, 0.15) is 43.7 Å². The first-order chi connectivity index (χ1) is 10.0. The minimum Gasteiger partial charge on any atom is -0.480 e. The number of hydrogen-bond donors (Lipinski definition) is 1. The van der Waals surface area contributed by atoms with Gasteiger partial charge >= 0.3 is 5.97 Å². The van der Waals surface area contributed by atoms with Gasteiger partial charge in [0.2, 0.25) is 5.91 Å². The smallest absolute Gasteiger partial charge is 0.326 e. The number of carbonyl (C=O) groups is 2. The zero-order valence-electron chi connectivity index (χ0n) is 12.3. The molecule has 0 saturated heterocycles. The Morgan fingerprint density at radius 1 is 1.19 bits per heavy atom. The monoisotopic (exact) mass is 287 g/mol. The van der Waals surface area contributed by atoms with E-state index in [2.05, 4.69) is 0 Å². The first kappa shape index (κ1) is 14.1. The first-order valence-electron chi connectivity index (χ1n) is 7.62. The van der Waals surface area contributed by atoms with Crippen molar-refractivity contribution < 1.29 is 14.7 Å². The van der Waals surface area contributed by atoms with Crippen LogP contribution >= 0.6 is 0 Å². The summed E-state index contributed by atoms with van der Waals surface area (Å²) in [6.45, 7) is 2.41. The molecule has 0 unspecified atom stereocenters. The highest BCUT2D eigenvalue weighted by Crippen LogP contribution is 2.40. The first-order valence-corrected chi connectivity index (χ1v) is 7.62. The summed E-state index contributed by atoms with van der Waals surface area (Å²) < 4.78 is 0. The molecule has 3 rings (SSSR count). The summed E-state index contributed by atoms with van der Waals surface area (Å²) in [5.74, 6) is -0.888. The Balaban J connectivity index is 1.92. The summed E-state index contributed by atoms with van der Waals surface area (Å²) in [7, 11) is 0. The average Bonchev–Trinajstić information content (AvgIpc) is 2.93. The van der Waals surface area contributed by atoms with Crippen LogP contribution < -0.4 is 0 Å². The van der Waals surface area contributed by atoms with E-state index in [1.807, 2.05) is 31.2 Å². The second-order valence-electron chi connectivity index (χ2n) is 6.53. The van der Waals surface area contributed by atoms with Crippen LogP contribution in [0.2, 0.25) is 0 Å². The lowest BCUT2D eigenvalue weighted by Gasteiger charge is -2.39. The fourth-order valence-corrected chi connectivity index (χ4v) is 3.67. The van der Waals surface area contributed by atoms with Gasteiger partial charge in [-0.1, -0.05) is 44.0 Å². The molecular weight excluding hydrogens is 266 g/mol. The third kappa shape index (κ3) is 2.43. The highest BCUT2D eigenvalue weighted by Gasteiger charge is 2.44. The zero-order valence-corrected chi connectivity index (χ0v) is 12.3. The highest BCUT2D eigenvalue weighted by molar-refractivity contribution is 5.88. The maximum absolute atomic E-state index is 12.9. The van der Waals surface area contributed by atoms with Gasteiger partial charge in [0.1, 0.15) is 6.04 Å². The Labute approximate surface area is 124 Å². The van der Waals surface area contributed by atoms with Crippen LogP contribution in [-0.2, 0) is 22.6 Å². The second kappa shape index (κ2) is 5.17. The lowest BCUT2D eigenvalue weighted by atomic mass is 9.84. The number of aliphatic carboxylic acids is 1. The van der Waals surface area contributed by atoms with Gasteiger partial charge in [-0.05, 0) is 24.0 Å². The third-order valence-corrected chi connectivity index (χ3v) is 5.02. The van der Waals surface area contributed by atoms with Gasteiger partial charge in [0.05, 0.1) is 0 Å². The van der Waals surface area contributed by atoms with E-state index < -0.39 is 12.0 Å². The van der Waals surface area contributed by atoms with Crippen molar-refractivity contribution in [3.05, 3.63) is 35.4 Å². The zero-order chi connectivity index (χ0) is 15.0. The molecular formula is C17H21NO3. The largest absolute Gasteiger partial charge is 0.480 e. The molecule has 4 nitrogen and oxygen atoms in total. The van der Waals surface area contributed by atoms with Crippen molar-refractivity contribution in [2.45, 2.75) is 51.6 Å². The van der Waals surface area contributed by atoms with E-state index in [0.717, 1.165) is 36.8 Å². The van der Waals surface area contributed by atoms with Crippen molar-refractivity contribution in [2.75, 3.05) is 0 Å². The lowest BCUT2D eigenvalue weighted by Crippen LogP contribution is -2.52. The Hall–Kier alpha value is -1.84. The predicted octanol–water partition coefficient (Wildman–Crippen LogP) is 2.60. The minimum absolute atomic E-state index is 0.0157. The van der Waals surface area contributed by atoms with E-state index in [4.69, 9.17) is 0 Å². The summed E-state index contributed by atoms with van der Waals surface area (Å²) in [5, 5.41) is 9.52. The summed E-state index contributed by atoms with van der Waals surface area (Å²) in [5.41, 5.74) is 1.75. The van der Waals surface area contributed by atoms with Crippen molar-refractivity contribution in [3.63, 3.8) is 0 Å². The normalized spacial score (nSPS) is 23.7. The number of hydrogen-bond acceptors (Lipinski definition) is 2. The molecule has 0 spiro atoms. The van der Waals surface area contributed by atoms with Gasteiger partial charge in [-0.25, -0.2) is 4.79 Å². The van der Waals surface area contributed by atoms with E-state index in [1.54, 1.807) is 4.90 Å². The molecule has 0 bridgehead atoms. The summed E-state index contributed by atoms with van der Waals surface area (Å²) in [4.78, 5) is 26.1. The van der Waals surface area contributed by atoms with Crippen molar-refractivity contribution in [1.29, 1.82) is 0 Å². The van der Waals surface area contributed by atoms with Crippen molar-refractivity contribution in [2.24, 2.45) is 5.41 Å². The maximum atomic E-state index is 12.9. The van der Waals surface area contributed by atoms with Gasteiger partial charge in [0.15, 0.2) is 0 Å². The SMILES string of the molecule is CC1(C(=O)N2Cc3ccccc3C[C@@H]2C(=O)O)CCCC1. The number of carboxylic acid groups (broad SMARTS) is 1. The molecule has 1 aliphatic carbocycles. The van der Waals surface area contributed by atoms with Crippen LogP contribution in [0.25, 0.3) is 0 Å². The Bertz CT molecular complexity index is 575. The number of carboxylic acids is 1. The average molecular weight is 287 g/mol. The number of benzene rings is 1. The molecule has 2 aliphatic rings. The van der Waals surface area contributed by atoms with Crippen molar-refractivity contribution in [3.8, 4) is 0 Å². The van der Waals surface area contributed by atoms with Gasteiger partial charge in [0, 0.05) is 18.4 Å². The molecule has 112 valence electrons. The van der Waals surface area contributed by atoms with Crippen LogP contribution in [0, 0.1) is 5.41 Å². The molecule has 1 heterocycles. The topological polar surface area (TPSA) is 57.6 Å². The Morgan fingerprint density at radius 2 is 1.81 bits per heavy atom. The molecule has 1 aliphatic heterocycles. The van der Waals surface area contributed by atoms with E-state index in [0.29, 0.717) is 13.0 Å². The van der Waals surface area contributed by atoms with Gasteiger partial charge < -0.3 is 10.0 Å². The number of rotatable bonds is 2. The molecule has 1 N–H and O–H groups in total. The van der Waals surface area contributed by atoms with Gasteiger partial charge in [-0.3, -0.25) is 4.79 Å². The van der Waals surface area contributed by atoms with Crippen LogP contribution in [0.15, 0.2) is 24.3 Å². The summed E-state index contributed by atoms with van der Waals surface area (Å²) in [6, 6.07) is 7.09. The third-order valence-electron chi connectivity index (χ3n) is 5.02. The number of nitrogens with zero attached hydrogens (tertiary/aromatic N) is 1. The maximum Gasteiger partial charge on any atom is 0.326 e. The molecule has 1 fully saturated rings. The standard InChI is InChI=1S/C17H21NO3/c1-17(8-4-5-9-17)16(21)18-11-13-7-3-2-6-12(13)10-14(18)15(19)20/h2-3,6-7,14H,4-5,8-11H2,1H3,(H,19,20)/t14-/m1/s1. The minimum atomic E-state index is -0.903. The van der Waals surface area contributed by atoms with Crippen LogP contribution in [0.4, 0.5) is 0 Å². The quantitative estimate of drug-likeness (QED) is 0.909. The van der Waals surface area contributed by atoms with Gasteiger partial charge in [-0.15, -0.1) is 0 Å². The number of fused-ring (bicyclic) bond motifs is 1. The van der Waals surface area contributed by atoms with Gasteiger partial charge in [0.25, 0.3) is 0 Å². The Kier molecular flexibility index (Phi) is 3.47. The van der Waals surface area contributed by atoms with Crippen LogP contribution in [-0.4, -0.2) is 27.9 Å². The molecule has 1 amide bonds. The van der Waals surface area contributed by atoms with Gasteiger partial charge in [-0.2, -0.15) is 0 Å². The number of carbonyl (C=O) groups excluding carboxylic acids is 1. The van der Waals surface area contributed by atoms with E-state index in [-0.39, 0.29) is 11.3 Å². The van der Waals surface area contributed by atoms with Crippen molar-refractivity contribution >= 4 is 11.9 Å². The molecule has 4 heteroatoms. The van der Waals surface area contributed by atoms with Crippen LogP contribution in [0.5, 0.6) is 0 Å². The summed E-state index contributed by atoms with van der Waals surface area (Å²) >= 11 is 0. The molecule has 1 saturated carbocycles. The Morgan fingerprint density at radius 3 is 2.43 bits per heavy atom. The highest BCUT2D eigenvalue weighted by atomic mass is 16.4. The molecule has 0 radical (unpaired) electrons. The number of amides is 1. The molecule has 21 heavy (non-hydrogen) atoms. The van der Waals surface area contributed by atoms with Crippen molar-refractivity contribution in [1.82, 2.24) is 4.90 Å².